The van der Waals surface area contributed by atoms with Gasteiger partial charge in [-0.05, 0) is 47.5 Å². The van der Waals surface area contributed by atoms with E-state index in [4.69, 9.17) is 15.2 Å². The van der Waals surface area contributed by atoms with E-state index in [1.165, 1.54) is 0 Å². The third kappa shape index (κ3) is 2.98. The normalized spacial score (nSPS) is 10.3. The molecule has 2 N–H and O–H groups in total. The standard InChI is InChI=1S/C14H15BrN2O2/c1-3-18-11-6-4-5-7-12(11)19-14-13(15)9(2)10(16)8-17-14/h4-8H,3,16H2,1-2H3. The van der Waals surface area contributed by atoms with Gasteiger partial charge in [-0.2, -0.15) is 0 Å². The van der Waals surface area contributed by atoms with Crippen LogP contribution < -0.4 is 15.2 Å². The molecular formula is C14H15BrN2O2. The Morgan fingerprint density at radius 2 is 1.95 bits per heavy atom. The van der Waals surface area contributed by atoms with E-state index >= 15 is 0 Å². The monoisotopic (exact) mass is 322 g/mol. The molecule has 0 atom stereocenters. The lowest BCUT2D eigenvalue weighted by Crippen LogP contribution is -1.98. The zero-order chi connectivity index (χ0) is 13.8. The lowest BCUT2D eigenvalue weighted by atomic mass is 10.2. The van der Waals surface area contributed by atoms with Gasteiger partial charge in [0.1, 0.15) is 0 Å². The molecular weight excluding hydrogens is 308 g/mol. The maximum absolute atomic E-state index is 5.79. The second kappa shape index (κ2) is 5.93. The van der Waals surface area contributed by atoms with Gasteiger partial charge < -0.3 is 15.2 Å². The van der Waals surface area contributed by atoms with E-state index < -0.39 is 0 Å². The van der Waals surface area contributed by atoms with Crippen LogP contribution in [-0.2, 0) is 0 Å². The number of aromatic nitrogens is 1. The molecule has 0 amide bonds. The Hall–Kier alpha value is -1.75. The number of benzene rings is 1. The molecule has 1 heterocycles. The lowest BCUT2D eigenvalue weighted by molar-refractivity contribution is 0.319. The first-order valence-corrected chi connectivity index (χ1v) is 6.73. The molecule has 2 aromatic rings. The van der Waals surface area contributed by atoms with Crippen LogP contribution in [0.1, 0.15) is 12.5 Å². The molecule has 0 spiro atoms. The third-order valence-electron chi connectivity index (χ3n) is 2.63. The number of anilines is 1. The van der Waals surface area contributed by atoms with Gasteiger partial charge in [0, 0.05) is 0 Å². The molecule has 4 nitrogen and oxygen atoms in total. The minimum atomic E-state index is 0.471. The van der Waals surface area contributed by atoms with E-state index in [1.807, 2.05) is 38.1 Å². The number of nitrogens with zero attached hydrogens (tertiary/aromatic N) is 1. The SMILES string of the molecule is CCOc1ccccc1Oc1ncc(N)c(C)c1Br. The van der Waals surface area contributed by atoms with E-state index in [2.05, 4.69) is 20.9 Å². The highest BCUT2D eigenvalue weighted by molar-refractivity contribution is 9.10. The van der Waals surface area contributed by atoms with Crippen LogP contribution in [0.2, 0.25) is 0 Å². The highest BCUT2D eigenvalue weighted by Gasteiger charge is 2.12. The molecule has 19 heavy (non-hydrogen) atoms. The Balaban J connectivity index is 2.34. The lowest BCUT2D eigenvalue weighted by Gasteiger charge is -2.13. The number of pyridine rings is 1. The maximum atomic E-state index is 5.79. The summed E-state index contributed by atoms with van der Waals surface area (Å²) in [5.74, 6) is 1.79. The second-order valence-electron chi connectivity index (χ2n) is 3.94. The predicted molar refractivity (Wildman–Crippen MR) is 78.8 cm³/mol. The smallest absolute Gasteiger partial charge is 0.234 e. The van der Waals surface area contributed by atoms with Gasteiger partial charge in [0.05, 0.1) is 23.0 Å². The molecule has 0 fully saturated rings. The van der Waals surface area contributed by atoms with Crippen molar-refractivity contribution in [3.05, 3.63) is 40.5 Å². The summed E-state index contributed by atoms with van der Waals surface area (Å²) in [6.45, 7) is 4.41. The van der Waals surface area contributed by atoms with Gasteiger partial charge in [0.25, 0.3) is 0 Å². The van der Waals surface area contributed by atoms with E-state index in [-0.39, 0.29) is 0 Å². The summed E-state index contributed by atoms with van der Waals surface area (Å²) in [5, 5.41) is 0. The van der Waals surface area contributed by atoms with E-state index in [1.54, 1.807) is 6.20 Å². The van der Waals surface area contributed by atoms with Crippen molar-refractivity contribution in [2.45, 2.75) is 13.8 Å². The van der Waals surface area contributed by atoms with Crippen molar-refractivity contribution in [1.82, 2.24) is 4.98 Å². The Morgan fingerprint density at radius 3 is 2.63 bits per heavy atom. The summed E-state index contributed by atoms with van der Waals surface area (Å²) in [7, 11) is 0. The summed E-state index contributed by atoms with van der Waals surface area (Å²) in [5.41, 5.74) is 7.31. The molecule has 100 valence electrons. The molecule has 5 heteroatoms. The first-order chi connectivity index (χ1) is 9.13. The van der Waals surface area contributed by atoms with E-state index in [0.717, 1.165) is 10.0 Å². The molecule has 2 rings (SSSR count). The molecule has 0 aliphatic heterocycles. The van der Waals surface area contributed by atoms with Crippen LogP contribution in [0.25, 0.3) is 0 Å². The number of nitrogens with two attached hydrogens (primary N) is 1. The van der Waals surface area contributed by atoms with Crippen molar-refractivity contribution in [2.24, 2.45) is 0 Å². The third-order valence-corrected chi connectivity index (χ3v) is 3.56. The number of ether oxygens (including phenoxy) is 2. The number of halogens is 1. The van der Waals surface area contributed by atoms with Crippen molar-refractivity contribution >= 4 is 21.6 Å². The Labute approximate surface area is 120 Å². The summed E-state index contributed by atoms with van der Waals surface area (Å²) in [4.78, 5) is 4.19. The van der Waals surface area contributed by atoms with Crippen LogP contribution in [0, 0.1) is 6.92 Å². The van der Waals surface area contributed by atoms with E-state index in [0.29, 0.717) is 29.7 Å². The number of para-hydroxylation sites is 2. The predicted octanol–water partition coefficient (Wildman–Crippen LogP) is 3.93. The van der Waals surface area contributed by atoms with Crippen LogP contribution in [0.3, 0.4) is 0 Å². The van der Waals surface area contributed by atoms with Crippen LogP contribution in [0.4, 0.5) is 5.69 Å². The molecule has 0 unspecified atom stereocenters. The second-order valence-corrected chi connectivity index (χ2v) is 4.73. The zero-order valence-electron chi connectivity index (χ0n) is 10.8. The Kier molecular flexibility index (Phi) is 4.27. The summed E-state index contributed by atoms with van der Waals surface area (Å²) in [6.07, 6.45) is 1.58. The van der Waals surface area contributed by atoms with Gasteiger partial charge in [0.15, 0.2) is 11.5 Å². The van der Waals surface area contributed by atoms with Gasteiger partial charge in [-0.1, -0.05) is 12.1 Å². The van der Waals surface area contributed by atoms with Crippen molar-refractivity contribution in [1.29, 1.82) is 0 Å². The fourth-order valence-corrected chi connectivity index (χ4v) is 1.97. The Bertz CT molecular complexity index is 588. The van der Waals surface area contributed by atoms with Crippen LogP contribution in [0.15, 0.2) is 34.9 Å². The average molecular weight is 323 g/mol. The molecule has 0 aliphatic carbocycles. The van der Waals surface area contributed by atoms with Gasteiger partial charge >= 0.3 is 0 Å². The van der Waals surface area contributed by atoms with Crippen molar-refractivity contribution in [3.63, 3.8) is 0 Å². The number of rotatable bonds is 4. The van der Waals surface area contributed by atoms with Gasteiger partial charge in [0.2, 0.25) is 5.88 Å². The summed E-state index contributed by atoms with van der Waals surface area (Å²) < 4.78 is 12.0. The summed E-state index contributed by atoms with van der Waals surface area (Å²) >= 11 is 3.44. The van der Waals surface area contributed by atoms with Crippen molar-refractivity contribution < 1.29 is 9.47 Å². The fourth-order valence-electron chi connectivity index (χ4n) is 1.55. The largest absolute Gasteiger partial charge is 0.490 e. The molecule has 0 radical (unpaired) electrons. The topological polar surface area (TPSA) is 57.4 Å². The molecule has 1 aromatic heterocycles. The van der Waals surface area contributed by atoms with Crippen LogP contribution in [-0.4, -0.2) is 11.6 Å². The molecule has 0 bridgehead atoms. The molecule has 0 aliphatic rings. The number of hydrogen-bond acceptors (Lipinski definition) is 4. The van der Waals surface area contributed by atoms with Gasteiger partial charge in [-0.15, -0.1) is 0 Å². The average Bonchev–Trinajstić information content (AvgIpc) is 2.42. The van der Waals surface area contributed by atoms with Crippen LogP contribution >= 0.6 is 15.9 Å². The molecule has 0 saturated carbocycles. The number of hydrogen-bond donors (Lipinski definition) is 1. The Morgan fingerprint density at radius 1 is 1.26 bits per heavy atom. The fraction of sp³-hybridized carbons (Fsp3) is 0.214. The van der Waals surface area contributed by atoms with Crippen LogP contribution in [0.5, 0.6) is 17.4 Å². The van der Waals surface area contributed by atoms with Gasteiger partial charge in [-0.3, -0.25) is 0 Å². The van der Waals surface area contributed by atoms with E-state index in [9.17, 15) is 0 Å². The first-order valence-electron chi connectivity index (χ1n) is 5.93. The molecule has 1 aromatic carbocycles. The van der Waals surface area contributed by atoms with Crippen molar-refractivity contribution in [3.8, 4) is 17.4 Å². The highest BCUT2D eigenvalue weighted by atomic mass is 79.9. The minimum absolute atomic E-state index is 0.471. The minimum Gasteiger partial charge on any atom is -0.490 e. The summed E-state index contributed by atoms with van der Waals surface area (Å²) in [6, 6.07) is 7.48. The maximum Gasteiger partial charge on any atom is 0.234 e. The quantitative estimate of drug-likeness (QED) is 0.926. The highest BCUT2D eigenvalue weighted by Crippen LogP contribution is 2.36. The molecule has 0 saturated heterocycles. The van der Waals surface area contributed by atoms with Gasteiger partial charge in [-0.25, -0.2) is 4.98 Å². The first kappa shape index (κ1) is 13.7. The number of nitrogen functional groups attached to an aromatic ring is 1. The zero-order valence-corrected chi connectivity index (χ0v) is 12.4. The van der Waals surface area contributed by atoms with Crippen molar-refractivity contribution in [2.75, 3.05) is 12.3 Å².